The number of likely N-dealkylation sites (N-methyl/N-ethyl adjacent to an activating group) is 1. The summed E-state index contributed by atoms with van der Waals surface area (Å²) in [5, 5.41) is 14.1. The highest BCUT2D eigenvalue weighted by molar-refractivity contribution is 7.45. The van der Waals surface area contributed by atoms with Gasteiger partial charge in [0, 0.05) is 6.42 Å². The number of nitrogens with one attached hydrogen (secondary N) is 1. The second-order valence-electron chi connectivity index (χ2n) is 24.5. The molecule has 2 N–H and O–H groups in total. The van der Waals surface area contributed by atoms with Gasteiger partial charge in [0.15, 0.2) is 0 Å². The van der Waals surface area contributed by atoms with E-state index in [1.807, 2.05) is 21.1 Å². The van der Waals surface area contributed by atoms with E-state index in [9.17, 15) is 19.4 Å². The van der Waals surface area contributed by atoms with Crippen LogP contribution in [0.5, 0.6) is 0 Å². The minimum absolute atomic E-state index is 0.0156. The van der Waals surface area contributed by atoms with Gasteiger partial charge in [0.2, 0.25) is 5.91 Å². The lowest BCUT2D eigenvalue weighted by molar-refractivity contribution is -0.870. The third-order valence-corrected chi connectivity index (χ3v) is 16.7. The second kappa shape index (κ2) is 57.9. The molecule has 0 rings (SSSR count). The maximum atomic E-state index is 13.0. The molecule has 0 radical (unpaired) electrons. The summed E-state index contributed by atoms with van der Waals surface area (Å²) >= 11 is 0. The Kier molecular flexibility index (Phi) is 57.3. The molecule has 75 heavy (non-hydrogen) atoms. The standard InChI is InChI=1S/C66H133N2O6P/c1-6-8-10-12-14-16-18-20-22-24-26-28-29-30-31-32-33-34-35-36-37-38-39-40-42-44-46-48-50-52-54-56-58-60-66(70)67-64(63-74-75(71,72)73-62-61-68(3,4)5)65(69)59-57-55-53-51-49-47-45-43-41-27-25-23-21-19-17-15-13-11-9-7-2/h30-31,64-65,69H,6-29,32-63H2,1-5H3,(H-,67,70,71,72)/b31-30-. The summed E-state index contributed by atoms with van der Waals surface area (Å²) in [6.45, 7) is 4.79. The van der Waals surface area contributed by atoms with Crippen LogP contribution in [0.1, 0.15) is 354 Å². The molecule has 8 nitrogen and oxygen atoms in total. The zero-order valence-corrected chi connectivity index (χ0v) is 52.2. The highest BCUT2D eigenvalue weighted by Crippen LogP contribution is 2.38. The van der Waals surface area contributed by atoms with Gasteiger partial charge in [-0.15, -0.1) is 0 Å². The first-order valence-corrected chi connectivity index (χ1v) is 35.0. The molecule has 448 valence electrons. The average molecular weight is 1080 g/mol. The van der Waals surface area contributed by atoms with Gasteiger partial charge < -0.3 is 28.8 Å². The normalized spacial score (nSPS) is 13.7. The molecular weight excluding hydrogens is 948 g/mol. The molecule has 0 bridgehead atoms. The molecule has 0 heterocycles. The fourth-order valence-electron chi connectivity index (χ4n) is 10.5. The van der Waals surface area contributed by atoms with Crippen molar-refractivity contribution >= 4 is 13.7 Å². The van der Waals surface area contributed by atoms with Crippen LogP contribution in [0, 0.1) is 0 Å². The number of aliphatic hydroxyl groups excluding tert-OH is 1. The first-order valence-electron chi connectivity index (χ1n) is 33.5. The van der Waals surface area contributed by atoms with Crippen LogP contribution in [0.15, 0.2) is 12.2 Å². The number of amides is 1. The molecule has 0 aromatic carbocycles. The number of phosphoric ester groups is 1. The zero-order chi connectivity index (χ0) is 54.9. The molecule has 3 atom stereocenters. The van der Waals surface area contributed by atoms with Gasteiger partial charge >= 0.3 is 0 Å². The van der Waals surface area contributed by atoms with E-state index in [1.54, 1.807) is 0 Å². The molecule has 0 aromatic heterocycles. The lowest BCUT2D eigenvalue weighted by atomic mass is 10.0. The van der Waals surface area contributed by atoms with Gasteiger partial charge in [0.1, 0.15) is 13.2 Å². The molecule has 3 unspecified atom stereocenters. The topological polar surface area (TPSA) is 108 Å². The number of quaternary nitrogens is 1. The Morgan fingerprint density at radius 3 is 1.04 bits per heavy atom. The Hall–Kier alpha value is -0.760. The first kappa shape index (κ1) is 74.2. The van der Waals surface area contributed by atoms with E-state index in [4.69, 9.17) is 9.05 Å². The molecule has 0 aliphatic carbocycles. The van der Waals surface area contributed by atoms with Gasteiger partial charge in [0.25, 0.3) is 7.82 Å². The molecule has 0 aliphatic rings. The molecule has 0 aromatic rings. The smallest absolute Gasteiger partial charge is 0.268 e. The van der Waals surface area contributed by atoms with Crippen LogP contribution in [0.25, 0.3) is 0 Å². The minimum Gasteiger partial charge on any atom is -0.756 e. The zero-order valence-electron chi connectivity index (χ0n) is 51.3. The Morgan fingerprint density at radius 1 is 0.453 bits per heavy atom. The third kappa shape index (κ3) is 60.7. The number of nitrogens with zero attached hydrogens (tertiary/aromatic N) is 1. The Morgan fingerprint density at radius 2 is 0.733 bits per heavy atom. The number of phosphoric acid groups is 1. The average Bonchev–Trinajstić information content (AvgIpc) is 3.37. The number of carbonyl (C=O) groups is 1. The largest absolute Gasteiger partial charge is 0.756 e. The molecule has 0 spiro atoms. The van der Waals surface area contributed by atoms with Crippen LogP contribution in [0.4, 0.5) is 0 Å². The fourth-order valence-corrected chi connectivity index (χ4v) is 11.2. The summed E-state index contributed by atoms with van der Waals surface area (Å²) in [6, 6.07) is -0.798. The van der Waals surface area contributed by atoms with Gasteiger partial charge in [-0.25, -0.2) is 0 Å². The van der Waals surface area contributed by atoms with Crippen LogP contribution in [0.2, 0.25) is 0 Å². The van der Waals surface area contributed by atoms with Gasteiger partial charge in [-0.1, -0.05) is 321 Å². The van der Waals surface area contributed by atoms with Gasteiger partial charge in [0.05, 0.1) is 39.9 Å². The van der Waals surface area contributed by atoms with E-state index in [2.05, 4.69) is 31.3 Å². The Bertz CT molecular complexity index is 1230. The number of hydrogen-bond donors (Lipinski definition) is 2. The number of unbranched alkanes of at least 4 members (excludes halogenated alkanes) is 48. The predicted octanol–water partition coefficient (Wildman–Crippen LogP) is 20.3. The summed E-state index contributed by atoms with van der Waals surface area (Å²) in [5.74, 6) is -0.156. The summed E-state index contributed by atoms with van der Waals surface area (Å²) in [7, 11) is 1.33. The minimum atomic E-state index is -4.57. The summed E-state index contributed by atoms with van der Waals surface area (Å²) < 4.78 is 23.5. The van der Waals surface area contributed by atoms with E-state index in [1.165, 1.54) is 289 Å². The number of aliphatic hydroxyl groups is 1. The van der Waals surface area contributed by atoms with E-state index < -0.39 is 20.0 Å². The van der Waals surface area contributed by atoms with E-state index in [0.29, 0.717) is 23.9 Å². The third-order valence-electron chi connectivity index (χ3n) is 15.8. The number of hydrogen-bond acceptors (Lipinski definition) is 6. The van der Waals surface area contributed by atoms with Crippen molar-refractivity contribution < 1.29 is 32.9 Å². The van der Waals surface area contributed by atoms with Crippen molar-refractivity contribution in [1.29, 1.82) is 0 Å². The van der Waals surface area contributed by atoms with E-state index in [-0.39, 0.29) is 19.1 Å². The highest BCUT2D eigenvalue weighted by Gasteiger charge is 2.24. The van der Waals surface area contributed by atoms with Crippen LogP contribution < -0.4 is 10.2 Å². The molecule has 0 fully saturated rings. The SMILES string of the molecule is CCCCCCCCCCCCCC/C=C\CCCCCCCCCCCCCCCCCCCC(=O)NC(COP(=O)([O-])OCC[N+](C)(C)C)C(O)CCCCCCCCCCCCCCCCCCCCCC. The number of allylic oxidation sites excluding steroid dienone is 2. The van der Waals surface area contributed by atoms with Crippen LogP contribution in [-0.2, 0) is 18.4 Å². The highest BCUT2D eigenvalue weighted by atomic mass is 31.2. The van der Waals surface area contributed by atoms with Gasteiger partial charge in [-0.2, -0.15) is 0 Å². The van der Waals surface area contributed by atoms with Crippen molar-refractivity contribution in [1.82, 2.24) is 5.32 Å². The van der Waals surface area contributed by atoms with Crippen molar-refractivity contribution in [3.63, 3.8) is 0 Å². The monoisotopic (exact) mass is 1080 g/mol. The summed E-state index contributed by atoms with van der Waals surface area (Å²) in [6.07, 6.45) is 72.8. The number of carbonyl (C=O) groups excluding carboxylic acids is 1. The van der Waals surface area contributed by atoms with Crippen molar-refractivity contribution in [2.45, 2.75) is 366 Å². The van der Waals surface area contributed by atoms with Gasteiger partial charge in [-0.3, -0.25) is 9.36 Å². The number of rotatable bonds is 63. The van der Waals surface area contributed by atoms with Crippen LogP contribution in [0.3, 0.4) is 0 Å². The quantitative estimate of drug-likeness (QED) is 0.0272. The molecule has 1 amide bonds. The lowest BCUT2D eigenvalue weighted by Crippen LogP contribution is -2.46. The van der Waals surface area contributed by atoms with E-state index in [0.717, 1.165) is 38.5 Å². The van der Waals surface area contributed by atoms with Crippen LogP contribution >= 0.6 is 7.82 Å². The second-order valence-corrected chi connectivity index (χ2v) is 25.9. The maximum absolute atomic E-state index is 13.0. The van der Waals surface area contributed by atoms with E-state index >= 15 is 0 Å². The Balaban J connectivity index is 3.98. The van der Waals surface area contributed by atoms with Crippen LogP contribution in [-0.4, -0.2) is 68.5 Å². The lowest BCUT2D eigenvalue weighted by Gasteiger charge is -2.30. The van der Waals surface area contributed by atoms with Crippen molar-refractivity contribution in [2.24, 2.45) is 0 Å². The predicted molar refractivity (Wildman–Crippen MR) is 326 cm³/mol. The molecule has 0 aliphatic heterocycles. The molecule has 9 heteroatoms. The molecular formula is C66H133N2O6P. The van der Waals surface area contributed by atoms with Crippen molar-refractivity contribution in [3.8, 4) is 0 Å². The van der Waals surface area contributed by atoms with Crippen molar-refractivity contribution in [3.05, 3.63) is 12.2 Å². The summed E-state index contributed by atoms with van der Waals surface area (Å²) in [5.41, 5.74) is 0. The van der Waals surface area contributed by atoms with Gasteiger partial charge in [-0.05, 0) is 38.5 Å². The molecule has 0 saturated carbocycles. The Labute approximate surface area is 469 Å². The van der Waals surface area contributed by atoms with Crippen molar-refractivity contribution in [2.75, 3.05) is 40.9 Å². The summed E-state index contributed by atoms with van der Waals surface area (Å²) in [4.78, 5) is 25.6. The first-order chi connectivity index (χ1) is 36.5. The fraction of sp³-hybridized carbons (Fsp3) is 0.955. The molecule has 0 saturated heterocycles. The maximum Gasteiger partial charge on any atom is 0.268 e.